The number of aryl methyl sites for hydroxylation is 1. The number of hydrogen-bond acceptors (Lipinski definition) is 2. The molecule has 0 amide bonds. The number of rotatable bonds is 3. The van der Waals surface area contributed by atoms with Gasteiger partial charge in [-0.1, -0.05) is 15.9 Å². The Bertz CT molecular complexity index is 431. The van der Waals surface area contributed by atoms with Crippen molar-refractivity contribution in [2.75, 3.05) is 18.1 Å². The quantitative estimate of drug-likeness (QED) is 0.919. The van der Waals surface area contributed by atoms with Crippen molar-refractivity contribution < 1.29 is 5.11 Å². The van der Waals surface area contributed by atoms with E-state index in [9.17, 15) is 0 Å². The zero-order valence-corrected chi connectivity index (χ0v) is 13.0. The molecule has 2 nitrogen and oxygen atoms in total. The Hall–Kier alpha value is -0.540. The standard InChI is InChI=1S/C15H22BrNO/c1-11-8-13(4-5-14(11)16)17-10-12(6-7-18)9-15(17,2)3/h4-5,8,12,18H,6-7,9-10H2,1-3H3. The van der Waals surface area contributed by atoms with Crippen LogP contribution in [0.1, 0.15) is 32.3 Å². The summed E-state index contributed by atoms with van der Waals surface area (Å²) in [5.41, 5.74) is 2.75. The minimum Gasteiger partial charge on any atom is -0.396 e. The summed E-state index contributed by atoms with van der Waals surface area (Å²) >= 11 is 3.55. The summed E-state index contributed by atoms with van der Waals surface area (Å²) < 4.78 is 1.16. The lowest BCUT2D eigenvalue weighted by molar-refractivity contribution is 0.259. The maximum Gasteiger partial charge on any atom is 0.0434 e. The van der Waals surface area contributed by atoms with Gasteiger partial charge in [0.1, 0.15) is 0 Å². The second-order valence-corrected chi connectivity index (χ2v) is 6.79. The van der Waals surface area contributed by atoms with E-state index in [1.165, 1.54) is 11.3 Å². The van der Waals surface area contributed by atoms with Crippen molar-refractivity contribution in [2.24, 2.45) is 5.92 Å². The van der Waals surface area contributed by atoms with Crippen LogP contribution in [0.15, 0.2) is 22.7 Å². The molecule has 1 heterocycles. The van der Waals surface area contributed by atoms with Gasteiger partial charge in [-0.2, -0.15) is 0 Å². The normalized spacial score (nSPS) is 22.5. The molecule has 1 fully saturated rings. The lowest BCUT2D eigenvalue weighted by Gasteiger charge is -2.34. The Morgan fingerprint density at radius 1 is 1.44 bits per heavy atom. The molecule has 0 spiro atoms. The van der Waals surface area contributed by atoms with Gasteiger partial charge in [0, 0.05) is 28.9 Å². The second kappa shape index (κ2) is 5.22. The highest BCUT2D eigenvalue weighted by Crippen LogP contribution is 2.38. The van der Waals surface area contributed by atoms with Gasteiger partial charge in [0.15, 0.2) is 0 Å². The molecule has 1 N–H and O–H groups in total. The predicted molar refractivity (Wildman–Crippen MR) is 80.1 cm³/mol. The molecular formula is C15H22BrNO. The van der Waals surface area contributed by atoms with E-state index >= 15 is 0 Å². The predicted octanol–water partition coefficient (Wildman–Crippen LogP) is 3.74. The van der Waals surface area contributed by atoms with E-state index in [-0.39, 0.29) is 5.54 Å². The van der Waals surface area contributed by atoms with Crippen LogP contribution in [0.4, 0.5) is 5.69 Å². The fraction of sp³-hybridized carbons (Fsp3) is 0.600. The maximum absolute atomic E-state index is 9.11. The molecule has 1 atom stereocenters. The first-order chi connectivity index (χ1) is 8.44. The van der Waals surface area contributed by atoms with E-state index in [0.29, 0.717) is 12.5 Å². The third-order valence-electron chi connectivity index (χ3n) is 3.95. The molecule has 1 aromatic rings. The number of benzene rings is 1. The number of aliphatic hydroxyl groups is 1. The Labute approximate surface area is 118 Å². The fourth-order valence-electron chi connectivity index (χ4n) is 3.01. The molecule has 100 valence electrons. The van der Waals surface area contributed by atoms with Crippen LogP contribution in [0.25, 0.3) is 0 Å². The monoisotopic (exact) mass is 311 g/mol. The number of anilines is 1. The topological polar surface area (TPSA) is 23.5 Å². The van der Waals surface area contributed by atoms with Crippen LogP contribution in [0.2, 0.25) is 0 Å². The maximum atomic E-state index is 9.11. The first-order valence-electron chi connectivity index (χ1n) is 6.58. The summed E-state index contributed by atoms with van der Waals surface area (Å²) in [4.78, 5) is 2.48. The van der Waals surface area contributed by atoms with E-state index in [1.807, 2.05) is 0 Å². The molecule has 0 radical (unpaired) electrons. The van der Waals surface area contributed by atoms with Gasteiger partial charge in [0.25, 0.3) is 0 Å². The van der Waals surface area contributed by atoms with Crippen molar-refractivity contribution in [2.45, 2.75) is 39.2 Å². The Morgan fingerprint density at radius 3 is 2.78 bits per heavy atom. The fourth-order valence-corrected chi connectivity index (χ4v) is 3.26. The van der Waals surface area contributed by atoms with E-state index < -0.39 is 0 Å². The minimum atomic E-state index is 0.181. The average molecular weight is 312 g/mol. The van der Waals surface area contributed by atoms with Crippen LogP contribution < -0.4 is 4.90 Å². The molecule has 1 aliphatic rings. The van der Waals surface area contributed by atoms with Crippen LogP contribution in [0.3, 0.4) is 0 Å². The summed E-state index contributed by atoms with van der Waals surface area (Å²) in [6, 6.07) is 6.55. The van der Waals surface area contributed by atoms with Crippen molar-refractivity contribution in [3.05, 3.63) is 28.2 Å². The SMILES string of the molecule is Cc1cc(N2CC(CCO)CC2(C)C)ccc1Br. The first kappa shape index (κ1) is 13.9. The number of halogens is 1. The molecule has 18 heavy (non-hydrogen) atoms. The van der Waals surface area contributed by atoms with Crippen LogP contribution >= 0.6 is 15.9 Å². The summed E-state index contributed by atoms with van der Waals surface area (Å²) in [5, 5.41) is 9.11. The molecule has 3 heteroatoms. The zero-order valence-electron chi connectivity index (χ0n) is 11.4. The lowest BCUT2D eigenvalue weighted by Crippen LogP contribution is -2.38. The highest BCUT2D eigenvalue weighted by molar-refractivity contribution is 9.10. The van der Waals surface area contributed by atoms with Crippen LogP contribution in [-0.4, -0.2) is 23.8 Å². The Kier molecular flexibility index (Phi) is 4.02. The minimum absolute atomic E-state index is 0.181. The van der Waals surface area contributed by atoms with Crippen molar-refractivity contribution >= 4 is 21.6 Å². The molecule has 0 aliphatic carbocycles. The molecule has 1 saturated heterocycles. The molecule has 0 saturated carbocycles. The lowest BCUT2D eigenvalue weighted by atomic mass is 9.94. The van der Waals surface area contributed by atoms with Gasteiger partial charge in [0.2, 0.25) is 0 Å². The summed E-state index contributed by atoms with van der Waals surface area (Å²) in [5.74, 6) is 0.606. The number of nitrogens with zero attached hydrogens (tertiary/aromatic N) is 1. The van der Waals surface area contributed by atoms with Gasteiger partial charge in [-0.25, -0.2) is 0 Å². The highest BCUT2D eigenvalue weighted by Gasteiger charge is 2.37. The van der Waals surface area contributed by atoms with Crippen molar-refractivity contribution in [3.8, 4) is 0 Å². The zero-order chi connectivity index (χ0) is 13.3. The summed E-state index contributed by atoms with van der Waals surface area (Å²) in [6.45, 7) is 8.06. The van der Waals surface area contributed by atoms with Gasteiger partial charge in [0.05, 0.1) is 0 Å². The molecular weight excluding hydrogens is 290 g/mol. The van der Waals surface area contributed by atoms with Crippen LogP contribution in [-0.2, 0) is 0 Å². The Balaban J connectivity index is 2.24. The van der Waals surface area contributed by atoms with Gasteiger partial charge in [-0.15, -0.1) is 0 Å². The number of aliphatic hydroxyl groups excluding tert-OH is 1. The third kappa shape index (κ3) is 2.72. The van der Waals surface area contributed by atoms with Crippen LogP contribution in [0, 0.1) is 12.8 Å². The van der Waals surface area contributed by atoms with E-state index in [1.54, 1.807) is 0 Å². The first-order valence-corrected chi connectivity index (χ1v) is 7.38. The second-order valence-electron chi connectivity index (χ2n) is 5.94. The molecule has 0 bridgehead atoms. The van der Waals surface area contributed by atoms with Crippen molar-refractivity contribution in [1.82, 2.24) is 0 Å². The largest absolute Gasteiger partial charge is 0.396 e. The van der Waals surface area contributed by atoms with E-state index in [4.69, 9.17) is 5.11 Å². The number of hydrogen-bond donors (Lipinski definition) is 1. The molecule has 0 aromatic heterocycles. The van der Waals surface area contributed by atoms with Crippen molar-refractivity contribution in [1.29, 1.82) is 0 Å². The van der Waals surface area contributed by atoms with E-state index in [2.05, 4.69) is 59.8 Å². The summed E-state index contributed by atoms with van der Waals surface area (Å²) in [7, 11) is 0. The Morgan fingerprint density at radius 2 is 2.17 bits per heavy atom. The summed E-state index contributed by atoms with van der Waals surface area (Å²) in [6.07, 6.45) is 2.07. The smallest absolute Gasteiger partial charge is 0.0434 e. The van der Waals surface area contributed by atoms with Gasteiger partial charge >= 0.3 is 0 Å². The van der Waals surface area contributed by atoms with Crippen molar-refractivity contribution in [3.63, 3.8) is 0 Å². The molecule has 2 rings (SSSR count). The average Bonchev–Trinajstić information content (AvgIpc) is 2.58. The van der Waals surface area contributed by atoms with Gasteiger partial charge in [-0.3, -0.25) is 0 Å². The van der Waals surface area contributed by atoms with E-state index in [0.717, 1.165) is 23.9 Å². The molecule has 1 aliphatic heterocycles. The van der Waals surface area contributed by atoms with Crippen LogP contribution in [0.5, 0.6) is 0 Å². The third-order valence-corrected chi connectivity index (χ3v) is 4.84. The molecule has 1 unspecified atom stereocenters. The van der Waals surface area contributed by atoms with Gasteiger partial charge in [-0.05, 0) is 63.3 Å². The molecule has 1 aromatic carbocycles. The van der Waals surface area contributed by atoms with Gasteiger partial charge < -0.3 is 10.0 Å². The highest BCUT2D eigenvalue weighted by atomic mass is 79.9.